The van der Waals surface area contributed by atoms with Crippen LogP contribution in [-0.2, 0) is 15.3 Å². The van der Waals surface area contributed by atoms with Gasteiger partial charge in [0.25, 0.3) is 0 Å². The van der Waals surface area contributed by atoms with Crippen LogP contribution in [0.15, 0.2) is 42.5 Å². The molecule has 0 radical (unpaired) electrons. The molecule has 2 aromatic carbocycles. The second-order valence-corrected chi connectivity index (χ2v) is 7.10. The summed E-state index contributed by atoms with van der Waals surface area (Å²) in [5.41, 5.74) is 2.49. The van der Waals surface area contributed by atoms with Gasteiger partial charge >= 0.3 is 0 Å². The maximum atomic E-state index is 13.4. The number of likely N-dealkylation sites (N-methyl/N-ethyl adjacent to an activating group) is 1. The summed E-state index contributed by atoms with van der Waals surface area (Å²) in [5.74, 6) is 0.440. The van der Waals surface area contributed by atoms with Gasteiger partial charge in [-0.3, -0.25) is 9.59 Å². The number of halogens is 1. The summed E-state index contributed by atoms with van der Waals surface area (Å²) in [6, 6.07) is 11.7. The fraction of sp³-hybridized carbons (Fsp3) is 0.300. The number of nitrogens with zero attached hydrogens (tertiary/aromatic N) is 1. The number of rotatable bonds is 8. The molecule has 0 spiro atoms. The average Bonchev–Trinajstić information content (AvgIpc) is 2.63. The number of nitrogens with one attached hydrogen (secondary N) is 1. The molecule has 0 aliphatic heterocycles. The Labute approximate surface area is 162 Å². The van der Waals surface area contributed by atoms with Gasteiger partial charge in [-0.05, 0) is 37.3 Å². The molecule has 5 nitrogen and oxygen atoms in total. The number of carbonyl (C=O) groups is 2. The summed E-state index contributed by atoms with van der Waals surface area (Å²) >= 11 is 1.34. The van der Waals surface area contributed by atoms with Gasteiger partial charge < -0.3 is 15.0 Å². The van der Waals surface area contributed by atoms with Gasteiger partial charge in [-0.1, -0.05) is 17.7 Å². The minimum atomic E-state index is -0.345. The lowest BCUT2D eigenvalue weighted by Crippen LogP contribution is -2.36. The van der Waals surface area contributed by atoms with Crippen molar-refractivity contribution in [2.75, 3.05) is 31.8 Å². The van der Waals surface area contributed by atoms with Crippen LogP contribution in [0.5, 0.6) is 5.75 Å². The lowest BCUT2D eigenvalue weighted by molar-refractivity contribution is -0.131. The molecule has 0 saturated heterocycles. The summed E-state index contributed by atoms with van der Waals surface area (Å²) in [6.45, 7) is 1.94. The number of ether oxygens (including phenoxy) is 1. The molecule has 7 heteroatoms. The largest absolute Gasteiger partial charge is 0.496 e. The van der Waals surface area contributed by atoms with Gasteiger partial charge in [0.2, 0.25) is 11.8 Å². The fourth-order valence-corrected chi connectivity index (χ4v) is 3.30. The zero-order valence-corrected chi connectivity index (χ0v) is 16.4. The molecule has 0 bridgehead atoms. The Bertz CT molecular complexity index is 796. The first-order chi connectivity index (χ1) is 12.9. The van der Waals surface area contributed by atoms with Gasteiger partial charge in [0, 0.05) is 24.1 Å². The SMILES string of the molecule is COc1ccc(F)cc1CSCC(=O)N(C)CC(=O)Nc1ccc(C)cc1. The average molecular weight is 390 g/mol. The lowest BCUT2D eigenvalue weighted by Gasteiger charge is -2.17. The van der Waals surface area contributed by atoms with Gasteiger partial charge in [-0.2, -0.15) is 0 Å². The van der Waals surface area contributed by atoms with E-state index in [0.717, 1.165) is 5.56 Å². The van der Waals surface area contributed by atoms with Crippen LogP contribution in [0.25, 0.3) is 0 Å². The minimum Gasteiger partial charge on any atom is -0.496 e. The molecule has 0 heterocycles. The summed E-state index contributed by atoms with van der Waals surface area (Å²) < 4.78 is 18.6. The highest BCUT2D eigenvalue weighted by Gasteiger charge is 2.14. The highest BCUT2D eigenvalue weighted by atomic mass is 32.2. The fourth-order valence-electron chi connectivity index (χ4n) is 2.36. The molecule has 2 rings (SSSR count). The van der Waals surface area contributed by atoms with Gasteiger partial charge in [0.15, 0.2) is 0 Å². The van der Waals surface area contributed by atoms with E-state index in [0.29, 0.717) is 22.8 Å². The van der Waals surface area contributed by atoms with Crippen molar-refractivity contribution in [2.24, 2.45) is 0 Å². The normalized spacial score (nSPS) is 10.4. The predicted molar refractivity (Wildman–Crippen MR) is 107 cm³/mol. The van der Waals surface area contributed by atoms with Crippen molar-refractivity contribution in [2.45, 2.75) is 12.7 Å². The molecule has 0 aromatic heterocycles. The number of anilines is 1. The van der Waals surface area contributed by atoms with Crippen molar-refractivity contribution in [3.8, 4) is 5.75 Å². The maximum Gasteiger partial charge on any atom is 0.243 e. The molecule has 0 aliphatic rings. The Kier molecular flexibility index (Phi) is 7.67. The Morgan fingerprint density at radius 1 is 1.19 bits per heavy atom. The Morgan fingerprint density at radius 2 is 1.89 bits per heavy atom. The van der Waals surface area contributed by atoms with E-state index in [2.05, 4.69) is 5.32 Å². The number of thioether (sulfide) groups is 1. The van der Waals surface area contributed by atoms with Gasteiger partial charge in [-0.25, -0.2) is 4.39 Å². The number of benzene rings is 2. The summed E-state index contributed by atoms with van der Waals surface area (Å²) in [5, 5.41) is 2.76. The Balaban J connectivity index is 1.79. The minimum absolute atomic E-state index is 0.0312. The highest BCUT2D eigenvalue weighted by molar-refractivity contribution is 7.99. The van der Waals surface area contributed by atoms with Crippen LogP contribution in [0.4, 0.5) is 10.1 Å². The molecular weight excluding hydrogens is 367 g/mol. The molecule has 2 amide bonds. The smallest absolute Gasteiger partial charge is 0.243 e. The standard InChI is InChI=1S/C20H23FN2O3S/c1-14-4-7-17(8-5-14)22-19(24)11-23(2)20(25)13-27-12-15-10-16(21)6-9-18(15)26-3/h4-10H,11-13H2,1-3H3,(H,22,24). The van der Waals surface area contributed by atoms with Crippen LogP contribution in [0.2, 0.25) is 0 Å². The summed E-state index contributed by atoms with van der Waals surface area (Å²) in [6.07, 6.45) is 0. The number of aryl methyl sites for hydroxylation is 1. The van der Waals surface area contributed by atoms with Crippen LogP contribution in [0, 0.1) is 12.7 Å². The molecule has 1 N–H and O–H groups in total. The topological polar surface area (TPSA) is 58.6 Å². The van der Waals surface area contributed by atoms with Crippen LogP contribution in [0.3, 0.4) is 0 Å². The zero-order valence-electron chi connectivity index (χ0n) is 15.6. The van der Waals surface area contributed by atoms with E-state index in [-0.39, 0.29) is 29.9 Å². The van der Waals surface area contributed by atoms with Crippen LogP contribution < -0.4 is 10.1 Å². The number of methoxy groups -OCH3 is 1. The predicted octanol–water partition coefficient (Wildman–Crippen LogP) is 3.47. The molecule has 2 aromatic rings. The first-order valence-electron chi connectivity index (χ1n) is 8.39. The van der Waals surface area contributed by atoms with E-state index in [9.17, 15) is 14.0 Å². The quantitative estimate of drug-likeness (QED) is 0.750. The first-order valence-corrected chi connectivity index (χ1v) is 9.55. The van der Waals surface area contributed by atoms with E-state index in [1.807, 2.05) is 31.2 Å². The van der Waals surface area contributed by atoms with E-state index in [4.69, 9.17) is 4.74 Å². The number of hydrogen-bond acceptors (Lipinski definition) is 4. The van der Waals surface area contributed by atoms with Crippen molar-refractivity contribution in [1.29, 1.82) is 0 Å². The van der Waals surface area contributed by atoms with Crippen molar-refractivity contribution < 1.29 is 18.7 Å². The van der Waals surface area contributed by atoms with E-state index in [1.165, 1.54) is 35.9 Å². The highest BCUT2D eigenvalue weighted by Crippen LogP contribution is 2.24. The Hall–Kier alpha value is -2.54. The molecule has 0 atom stereocenters. The third-order valence-electron chi connectivity index (χ3n) is 3.87. The number of carbonyl (C=O) groups excluding carboxylic acids is 2. The van der Waals surface area contributed by atoms with Crippen LogP contribution >= 0.6 is 11.8 Å². The lowest BCUT2D eigenvalue weighted by atomic mass is 10.2. The van der Waals surface area contributed by atoms with Crippen molar-refractivity contribution in [1.82, 2.24) is 4.90 Å². The second-order valence-electron chi connectivity index (χ2n) is 6.11. The molecule has 27 heavy (non-hydrogen) atoms. The summed E-state index contributed by atoms with van der Waals surface area (Å²) in [4.78, 5) is 25.6. The molecule has 0 saturated carbocycles. The maximum absolute atomic E-state index is 13.4. The second kappa shape index (κ2) is 9.97. The third-order valence-corrected chi connectivity index (χ3v) is 4.83. The van der Waals surface area contributed by atoms with Crippen molar-refractivity contribution in [3.63, 3.8) is 0 Å². The van der Waals surface area contributed by atoms with Gasteiger partial charge in [0.05, 0.1) is 19.4 Å². The zero-order chi connectivity index (χ0) is 19.8. The van der Waals surface area contributed by atoms with Crippen molar-refractivity contribution in [3.05, 3.63) is 59.4 Å². The molecular formula is C20H23FN2O3S. The van der Waals surface area contributed by atoms with Crippen molar-refractivity contribution >= 4 is 29.3 Å². The molecule has 0 unspecified atom stereocenters. The Morgan fingerprint density at radius 3 is 2.56 bits per heavy atom. The first kappa shape index (κ1) is 20.8. The number of amides is 2. The van der Waals surface area contributed by atoms with E-state index >= 15 is 0 Å². The van der Waals surface area contributed by atoms with Gasteiger partial charge in [-0.15, -0.1) is 11.8 Å². The molecule has 144 valence electrons. The monoisotopic (exact) mass is 390 g/mol. The summed E-state index contributed by atoms with van der Waals surface area (Å²) in [7, 11) is 3.10. The van der Waals surface area contributed by atoms with Crippen LogP contribution in [0.1, 0.15) is 11.1 Å². The van der Waals surface area contributed by atoms with E-state index in [1.54, 1.807) is 13.1 Å². The third kappa shape index (κ3) is 6.60. The van der Waals surface area contributed by atoms with Gasteiger partial charge in [0.1, 0.15) is 11.6 Å². The number of hydrogen-bond donors (Lipinski definition) is 1. The molecule has 0 fully saturated rings. The van der Waals surface area contributed by atoms with E-state index < -0.39 is 0 Å². The molecule has 0 aliphatic carbocycles. The van der Waals surface area contributed by atoms with Crippen LogP contribution in [-0.4, -0.2) is 43.2 Å².